The standard InChI is InChI=1S/C32H56O10/c1-15(2)21(41-29-27(39)26(38)22(14-33)42-29)7-6-16(3)17-12-19(35)28-30(17,4)11-9-23-31(5)10-8-18(34)25(37)24(31)20(36)13-32(23,28)40/h15-29,33-40H,6-14H2,1-5H3/t16?,17-,18+,19+,20+,21?,22+,23?,24?,25+,26+,27-,28?,29-,30-,31-,32+/m1/s1. The van der Waals surface area contributed by atoms with E-state index >= 15 is 0 Å². The van der Waals surface area contributed by atoms with E-state index in [1.165, 1.54) is 0 Å². The van der Waals surface area contributed by atoms with Crippen molar-refractivity contribution in [2.24, 2.45) is 46.3 Å². The van der Waals surface area contributed by atoms with Gasteiger partial charge in [0.2, 0.25) is 0 Å². The molecule has 244 valence electrons. The van der Waals surface area contributed by atoms with Crippen LogP contribution in [0.5, 0.6) is 0 Å². The van der Waals surface area contributed by atoms with Gasteiger partial charge >= 0.3 is 0 Å². The Bertz CT molecular complexity index is 950. The highest BCUT2D eigenvalue weighted by Crippen LogP contribution is 2.69. The maximum atomic E-state index is 12.5. The van der Waals surface area contributed by atoms with E-state index in [2.05, 4.69) is 13.8 Å². The molecular weight excluding hydrogens is 544 g/mol. The van der Waals surface area contributed by atoms with Crippen molar-refractivity contribution in [2.45, 2.75) is 147 Å². The van der Waals surface area contributed by atoms with Gasteiger partial charge in [0.25, 0.3) is 0 Å². The molecule has 0 radical (unpaired) electrons. The van der Waals surface area contributed by atoms with Gasteiger partial charge < -0.3 is 50.3 Å². The average Bonchev–Trinajstić information content (AvgIpc) is 3.35. The Labute approximate surface area is 250 Å². The lowest BCUT2D eigenvalue weighted by molar-refractivity contribution is -0.280. The van der Waals surface area contributed by atoms with Crippen molar-refractivity contribution < 1.29 is 50.3 Å². The smallest absolute Gasteiger partial charge is 0.186 e. The van der Waals surface area contributed by atoms with Gasteiger partial charge in [-0.2, -0.15) is 0 Å². The molecule has 0 aromatic heterocycles. The lowest BCUT2D eigenvalue weighted by atomic mass is 9.41. The predicted molar refractivity (Wildman–Crippen MR) is 153 cm³/mol. The minimum absolute atomic E-state index is 0.0911. The van der Waals surface area contributed by atoms with E-state index in [0.717, 1.165) is 19.3 Å². The molecule has 1 aliphatic heterocycles. The number of hydrogen-bond donors (Lipinski definition) is 8. The first-order valence-electron chi connectivity index (χ1n) is 16.3. The highest BCUT2D eigenvalue weighted by Gasteiger charge is 2.71. The third-order valence-electron chi connectivity index (χ3n) is 12.9. The van der Waals surface area contributed by atoms with Crippen LogP contribution in [-0.2, 0) is 9.47 Å². The predicted octanol–water partition coefficient (Wildman–Crippen LogP) is 0.930. The van der Waals surface area contributed by atoms with Crippen LogP contribution in [0.3, 0.4) is 0 Å². The summed E-state index contributed by atoms with van der Waals surface area (Å²) in [6.07, 6.45) is -3.39. The summed E-state index contributed by atoms with van der Waals surface area (Å²) >= 11 is 0. The van der Waals surface area contributed by atoms with E-state index in [0.29, 0.717) is 25.7 Å². The minimum Gasteiger partial charge on any atom is -0.394 e. The van der Waals surface area contributed by atoms with Gasteiger partial charge in [0.15, 0.2) is 6.29 Å². The van der Waals surface area contributed by atoms with Crippen molar-refractivity contribution in [3.05, 3.63) is 0 Å². The first-order valence-corrected chi connectivity index (χ1v) is 16.3. The van der Waals surface area contributed by atoms with Crippen molar-refractivity contribution in [1.82, 2.24) is 0 Å². The molecule has 4 aliphatic carbocycles. The molecular formula is C32H56O10. The largest absolute Gasteiger partial charge is 0.394 e. The molecule has 10 nitrogen and oxygen atoms in total. The zero-order chi connectivity index (χ0) is 30.9. The fourth-order valence-corrected chi connectivity index (χ4v) is 10.9. The molecule has 0 aromatic carbocycles. The van der Waals surface area contributed by atoms with Crippen LogP contribution in [0.4, 0.5) is 0 Å². The Morgan fingerprint density at radius 2 is 1.50 bits per heavy atom. The third-order valence-corrected chi connectivity index (χ3v) is 12.9. The lowest BCUT2D eigenvalue weighted by Gasteiger charge is -2.66. The Morgan fingerprint density at radius 1 is 0.833 bits per heavy atom. The number of fused-ring (bicyclic) bond motifs is 5. The fourth-order valence-electron chi connectivity index (χ4n) is 10.9. The Kier molecular flexibility index (Phi) is 9.23. The molecule has 5 fully saturated rings. The highest BCUT2D eigenvalue weighted by atomic mass is 16.7. The maximum Gasteiger partial charge on any atom is 0.186 e. The first-order chi connectivity index (χ1) is 19.6. The second-order valence-electron chi connectivity index (χ2n) is 15.6. The van der Waals surface area contributed by atoms with Gasteiger partial charge in [0.1, 0.15) is 18.3 Å². The summed E-state index contributed by atoms with van der Waals surface area (Å²) in [5, 5.41) is 86.6. The van der Waals surface area contributed by atoms with Gasteiger partial charge in [-0.1, -0.05) is 34.6 Å². The Balaban J connectivity index is 1.30. The molecule has 0 amide bonds. The minimum atomic E-state index is -1.27. The maximum absolute atomic E-state index is 12.5. The number of rotatable bonds is 8. The molecule has 4 saturated carbocycles. The number of aliphatic hydroxyl groups excluding tert-OH is 7. The van der Waals surface area contributed by atoms with Crippen molar-refractivity contribution >= 4 is 0 Å². The van der Waals surface area contributed by atoms with Crippen molar-refractivity contribution in [2.75, 3.05) is 6.61 Å². The van der Waals surface area contributed by atoms with Crippen LogP contribution in [0, 0.1) is 46.3 Å². The number of ether oxygens (including phenoxy) is 2. The number of aliphatic hydroxyl groups is 8. The monoisotopic (exact) mass is 600 g/mol. The highest BCUT2D eigenvalue weighted by molar-refractivity contribution is 5.21. The van der Waals surface area contributed by atoms with Gasteiger partial charge in [-0.15, -0.1) is 0 Å². The van der Waals surface area contributed by atoms with E-state index in [4.69, 9.17) is 9.47 Å². The summed E-state index contributed by atoms with van der Waals surface area (Å²) in [6.45, 7) is 10.1. The molecule has 1 saturated heterocycles. The molecule has 17 atom stereocenters. The Hall–Kier alpha value is -0.400. The van der Waals surface area contributed by atoms with Crippen LogP contribution in [0.15, 0.2) is 0 Å². The van der Waals surface area contributed by atoms with Gasteiger partial charge in [0, 0.05) is 18.3 Å². The molecule has 10 heteroatoms. The summed E-state index contributed by atoms with van der Waals surface area (Å²) in [5.41, 5.74) is -2.14. The van der Waals surface area contributed by atoms with Crippen LogP contribution in [-0.4, -0.2) is 108 Å². The SMILES string of the molecule is CC(C)C(CCC(C)[C@H]1C[C@H](O)C2[C@]3(O)C[C@H](O)C4[C@@H](O)[C@@H](O)CC[C@]4(C)C3CC[C@@]21C)O[C@@H]1O[C@@H](CO)[C@H](O)[C@H]1O. The molecule has 0 bridgehead atoms. The normalized spacial score (nSPS) is 53.9. The summed E-state index contributed by atoms with van der Waals surface area (Å²) in [5.74, 6) is -0.623. The summed E-state index contributed by atoms with van der Waals surface area (Å²) in [6, 6.07) is 0. The van der Waals surface area contributed by atoms with Crippen LogP contribution < -0.4 is 0 Å². The molecule has 0 spiro atoms. The third kappa shape index (κ3) is 5.10. The summed E-state index contributed by atoms with van der Waals surface area (Å²) < 4.78 is 11.7. The van der Waals surface area contributed by atoms with E-state index < -0.39 is 78.5 Å². The van der Waals surface area contributed by atoms with Crippen LogP contribution in [0.2, 0.25) is 0 Å². The lowest BCUT2D eigenvalue weighted by Crippen LogP contribution is -2.70. The molecule has 1 heterocycles. The zero-order valence-electron chi connectivity index (χ0n) is 25.9. The van der Waals surface area contributed by atoms with E-state index in [1.807, 2.05) is 20.8 Å². The van der Waals surface area contributed by atoms with E-state index in [-0.39, 0.29) is 41.6 Å². The molecule has 5 aliphatic rings. The van der Waals surface area contributed by atoms with Crippen LogP contribution in [0.25, 0.3) is 0 Å². The molecule has 5 unspecified atom stereocenters. The van der Waals surface area contributed by atoms with Crippen molar-refractivity contribution in [3.8, 4) is 0 Å². The van der Waals surface area contributed by atoms with Crippen LogP contribution in [0.1, 0.15) is 86.0 Å². The second kappa shape index (κ2) is 11.8. The zero-order valence-corrected chi connectivity index (χ0v) is 25.9. The molecule has 5 rings (SSSR count). The van der Waals surface area contributed by atoms with Crippen LogP contribution >= 0.6 is 0 Å². The van der Waals surface area contributed by atoms with Gasteiger partial charge in [-0.05, 0) is 79.4 Å². The molecule has 8 N–H and O–H groups in total. The summed E-state index contributed by atoms with van der Waals surface area (Å²) in [7, 11) is 0. The second-order valence-corrected chi connectivity index (χ2v) is 15.6. The van der Waals surface area contributed by atoms with Gasteiger partial charge in [0.05, 0.1) is 42.7 Å². The fraction of sp³-hybridized carbons (Fsp3) is 1.00. The van der Waals surface area contributed by atoms with Crippen molar-refractivity contribution in [1.29, 1.82) is 0 Å². The molecule has 0 aromatic rings. The first kappa shape index (κ1) is 33.0. The quantitative estimate of drug-likeness (QED) is 0.200. The number of hydrogen-bond acceptors (Lipinski definition) is 10. The van der Waals surface area contributed by atoms with Gasteiger partial charge in [-0.3, -0.25) is 0 Å². The van der Waals surface area contributed by atoms with E-state index in [1.54, 1.807) is 0 Å². The topological polar surface area (TPSA) is 180 Å². The Morgan fingerprint density at radius 3 is 2.12 bits per heavy atom. The summed E-state index contributed by atoms with van der Waals surface area (Å²) in [4.78, 5) is 0. The van der Waals surface area contributed by atoms with E-state index in [9.17, 15) is 40.9 Å². The van der Waals surface area contributed by atoms with Crippen molar-refractivity contribution in [3.63, 3.8) is 0 Å². The molecule has 42 heavy (non-hydrogen) atoms. The van der Waals surface area contributed by atoms with Gasteiger partial charge in [-0.25, -0.2) is 0 Å². The average molecular weight is 601 g/mol.